The molecule has 0 aliphatic carbocycles. The van der Waals surface area contributed by atoms with Crippen LogP contribution in [0.3, 0.4) is 0 Å². The molecule has 0 aromatic heterocycles. The highest BCUT2D eigenvalue weighted by Crippen LogP contribution is 2.37. The number of nitrogens with zero attached hydrogens (tertiary/aromatic N) is 4. The van der Waals surface area contributed by atoms with E-state index in [4.69, 9.17) is 10.5 Å². The van der Waals surface area contributed by atoms with Gasteiger partial charge in [-0.15, -0.1) is 0 Å². The van der Waals surface area contributed by atoms with Gasteiger partial charge in [-0.25, -0.2) is 4.58 Å². The van der Waals surface area contributed by atoms with Gasteiger partial charge < -0.3 is 4.90 Å². The van der Waals surface area contributed by atoms with Gasteiger partial charge in [0.2, 0.25) is 0 Å². The highest BCUT2D eigenvalue weighted by Gasteiger charge is 2.45. The van der Waals surface area contributed by atoms with Gasteiger partial charge in [0.25, 0.3) is 0 Å². The molecule has 2 aliphatic rings. The van der Waals surface area contributed by atoms with Gasteiger partial charge in [-0.05, 0) is 49.1 Å². The maximum Gasteiger partial charge on any atom is 0.168 e. The van der Waals surface area contributed by atoms with E-state index < -0.39 is 0 Å². The summed E-state index contributed by atoms with van der Waals surface area (Å²) in [4.78, 5) is 2.56. The van der Waals surface area contributed by atoms with Crippen molar-refractivity contribution < 1.29 is 4.58 Å². The normalized spacial score (nSPS) is 19.9. The molecule has 0 spiro atoms. The first-order valence-corrected chi connectivity index (χ1v) is 11.1. The molecule has 2 aromatic rings. The Morgan fingerprint density at radius 1 is 0.903 bits per heavy atom. The fourth-order valence-electron chi connectivity index (χ4n) is 4.78. The van der Waals surface area contributed by atoms with E-state index in [1.165, 1.54) is 29.7 Å². The molecule has 4 rings (SSSR count). The summed E-state index contributed by atoms with van der Waals surface area (Å²) in [5, 5.41) is 18.2. The van der Waals surface area contributed by atoms with Gasteiger partial charge in [0.05, 0.1) is 29.2 Å². The molecule has 0 amide bonds. The van der Waals surface area contributed by atoms with Crippen molar-refractivity contribution in [3.8, 4) is 12.1 Å². The number of benzene rings is 2. The van der Waals surface area contributed by atoms with E-state index in [1.54, 1.807) is 0 Å². The van der Waals surface area contributed by atoms with Crippen molar-refractivity contribution in [2.24, 2.45) is 5.92 Å². The van der Waals surface area contributed by atoms with Gasteiger partial charge in [0.1, 0.15) is 0 Å². The minimum atomic E-state index is -0.0749. The highest BCUT2D eigenvalue weighted by molar-refractivity contribution is 5.69. The predicted octanol–water partition coefficient (Wildman–Crippen LogP) is 4.64. The first-order chi connectivity index (χ1) is 15.0. The smallest absolute Gasteiger partial charge is 0.168 e. The van der Waals surface area contributed by atoms with Crippen molar-refractivity contribution in [1.29, 1.82) is 10.5 Å². The van der Waals surface area contributed by atoms with E-state index in [9.17, 15) is 0 Å². The SMILES string of the molecule is CC1(C)C(Cc2ccc(C#N)cc2)C(N2CCCC2)=CC=[N+]1Cc1ccc(C#N)cc1. The van der Waals surface area contributed by atoms with E-state index in [-0.39, 0.29) is 5.54 Å². The molecule has 0 saturated carbocycles. The summed E-state index contributed by atoms with van der Waals surface area (Å²) < 4.78 is 2.43. The molecule has 0 N–H and O–H groups in total. The topological polar surface area (TPSA) is 53.8 Å². The zero-order valence-corrected chi connectivity index (χ0v) is 18.4. The van der Waals surface area contributed by atoms with E-state index in [0.29, 0.717) is 17.0 Å². The molecule has 0 radical (unpaired) electrons. The quantitative estimate of drug-likeness (QED) is 0.676. The number of hydrogen-bond acceptors (Lipinski definition) is 3. The van der Waals surface area contributed by atoms with Crippen LogP contribution in [0.15, 0.2) is 60.3 Å². The van der Waals surface area contributed by atoms with Crippen LogP contribution in [0.5, 0.6) is 0 Å². The average Bonchev–Trinajstić information content (AvgIpc) is 3.32. The first kappa shape index (κ1) is 20.9. The number of hydrogen-bond donors (Lipinski definition) is 0. The van der Waals surface area contributed by atoms with Crippen LogP contribution in [-0.2, 0) is 13.0 Å². The third-order valence-corrected chi connectivity index (χ3v) is 6.81. The highest BCUT2D eigenvalue weighted by atomic mass is 15.2. The van der Waals surface area contributed by atoms with E-state index in [1.807, 2.05) is 24.3 Å². The van der Waals surface area contributed by atoms with Crippen LogP contribution in [-0.4, -0.2) is 34.3 Å². The first-order valence-electron chi connectivity index (χ1n) is 11.1. The van der Waals surface area contributed by atoms with Crippen LogP contribution >= 0.6 is 0 Å². The van der Waals surface area contributed by atoms with Crippen molar-refractivity contribution in [1.82, 2.24) is 4.90 Å². The summed E-state index contributed by atoms with van der Waals surface area (Å²) in [6.07, 6.45) is 8.03. The number of rotatable bonds is 5. The maximum atomic E-state index is 9.13. The zero-order chi connectivity index (χ0) is 21.8. The van der Waals surface area contributed by atoms with Crippen LogP contribution < -0.4 is 0 Å². The molecule has 1 fully saturated rings. The van der Waals surface area contributed by atoms with E-state index in [0.717, 1.165) is 26.1 Å². The van der Waals surface area contributed by atoms with Crippen LogP contribution in [0.2, 0.25) is 0 Å². The Kier molecular flexibility index (Phi) is 5.92. The number of likely N-dealkylation sites (tertiary alicyclic amines) is 1. The molecule has 0 bridgehead atoms. The fourth-order valence-corrected chi connectivity index (χ4v) is 4.78. The Balaban J connectivity index is 1.65. The van der Waals surface area contributed by atoms with Crippen molar-refractivity contribution >= 4 is 6.21 Å². The molecule has 1 atom stereocenters. The Labute approximate surface area is 185 Å². The molecule has 31 heavy (non-hydrogen) atoms. The third-order valence-electron chi connectivity index (χ3n) is 6.81. The maximum absolute atomic E-state index is 9.13. The largest absolute Gasteiger partial charge is 0.374 e. The Hall–Kier alpha value is -3.37. The lowest BCUT2D eigenvalue weighted by molar-refractivity contribution is -0.621. The molecule has 4 nitrogen and oxygen atoms in total. The van der Waals surface area contributed by atoms with Crippen molar-refractivity contribution in [3.05, 3.63) is 82.6 Å². The summed E-state index contributed by atoms with van der Waals surface area (Å²) in [7, 11) is 0. The fraction of sp³-hybridized carbons (Fsp3) is 0.370. The van der Waals surface area contributed by atoms with Crippen LogP contribution in [0, 0.1) is 28.6 Å². The van der Waals surface area contributed by atoms with E-state index in [2.05, 4.69) is 72.0 Å². The molecular weight excluding hydrogens is 380 g/mol. The second kappa shape index (κ2) is 8.78. The molecule has 2 heterocycles. The molecule has 156 valence electrons. The van der Waals surface area contributed by atoms with Crippen molar-refractivity contribution in [2.75, 3.05) is 13.1 Å². The van der Waals surface area contributed by atoms with Gasteiger partial charge in [-0.3, -0.25) is 0 Å². The summed E-state index contributed by atoms with van der Waals surface area (Å²) in [5.74, 6) is 0.349. The second-order valence-electron chi connectivity index (χ2n) is 9.09. The molecule has 2 aromatic carbocycles. The van der Waals surface area contributed by atoms with Crippen molar-refractivity contribution in [2.45, 2.75) is 45.2 Å². The number of nitriles is 2. The monoisotopic (exact) mass is 409 g/mol. The van der Waals surface area contributed by atoms with Crippen LogP contribution in [0.4, 0.5) is 0 Å². The third kappa shape index (κ3) is 4.39. The minimum absolute atomic E-state index is 0.0749. The van der Waals surface area contributed by atoms with Crippen molar-refractivity contribution in [3.63, 3.8) is 0 Å². The Bertz CT molecular complexity index is 1070. The van der Waals surface area contributed by atoms with Crippen LogP contribution in [0.1, 0.15) is 48.9 Å². The summed E-state index contributed by atoms with van der Waals surface area (Å²) in [6.45, 7) is 7.76. The average molecular weight is 410 g/mol. The summed E-state index contributed by atoms with van der Waals surface area (Å²) in [5.41, 5.74) is 5.23. The summed E-state index contributed by atoms with van der Waals surface area (Å²) in [6, 6.07) is 20.3. The zero-order valence-electron chi connectivity index (χ0n) is 18.4. The molecule has 2 aliphatic heterocycles. The van der Waals surface area contributed by atoms with Gasteiger partial charge in [0.15, 0.2) is 18.3 Å². The summed E-state index contributed by atoms with van der Waals surface area (Å²) >= 11 is 0. The standard InChI is InChI=1S/C27H29N4/c1-27(2)25(17-21-5-7-22(18-28)8-6-21)26(30-14-3-4-15-30)13-16-31(27)20-24-11-9-23(19-29)10-12-24/h5-13,16,25H,3-4,14-15,17,20H2,1-2H3/q+1. The Morgan fingerprint density at radius 3 is 2.00 bits per heavy atom. The predicted molar refractivity (Wildman–Crippen MR) is 123 cm³/mol. The lowest BCUT2D eigenvalue weighted by Crippen LogP contribution is -2.50. The van der Waals surface area contributed by atoms with Crippen LogP contribution in [0.25, 0.3) is 0 Å². The molecule has 4 heteroatoms. The lowest BCUT2D eigenvalue weighted by atomic mass is 9.77. The van der Waals surface area contributed by atoms with Gasteiger partial charge in [0, 0.05) is 44.3 Å². The van der Waals surface area contributed by atoms with Gasteiger partial charge in [-0.1, -0.05) is 24.3 Å². The van der Waals surface area contributed by atoms with Gasteiger partial charge >= 0.3 is 0 Å². The molecular formula is C27H29N4+. The van der Waals surface area contributed by atoms with Gasteiger partial charge in [-0.2, -0.15) is 10.5 Å². The minimum Gasteiger partial charge on any atom is -0.374 e. The Morgan fingerprint density at radius 2 is 1.45 bits per heavy atom. The second-order valence-corrected chi connectivity index (χ2v) is 9.09. The van der Waals surface area contributed by atoms with E-state index >= 15 is 0 Å². The lowest BCUT2D eigenvalue weighted by Gasteiger charge is -2.39. The number of allylic oxidation sites excluding steroid dienone is 1. The molecule has 1 unspecified atom stereocenters. The molecule has 1 saturated heterocycles.